The summed E-state index contributed by atoms with van der Waals surface area (Å²) in [6.07, 6.45) is -5.14. The molecule has 0 saturated carbocycles. The molecule has 3 unspecified atom stereocenters. The van der Waals surface area contributed by atoms with Gasteiger partial charge in [-0.25, -0.2) is 0 Å². The van der Waals surface area contributed by atoms with E-state index in [0.717, 1.165) is 11.6 Å². The number of aldehydes is 1. The Hall–Kier alpha value is -3.65. The fraction of sp³-hybridized carbons (Fsp3) is 0.333. The molecular formula is C30H30F3NO4. The first kappa shape index (κ1) is 27.4. The van der Waals surface area contributed by atoms with Gasteiger partial charge in [0.2, 0.25) is 5.91 Å². The number of hydrogen-bond donors (Lipinski definition) is 1. The van der Waals surface area contributed by atoms with Crippen molar-refractivity contribution in [2.75, 3.05) is 6.61 Å². The predicted octanol–water partition coefficient (Wildman–Crippen LogP) is 6.20. The molecule has 3 aromatic carbocycles. The van der Waals surface area contributed by atoms with Crippen molar-refractivity contribution in [1.82, 2.24) is 4.90 Å². The van der Waals surface area contributed by atoms with E-state index in [9.17, 15) is 27.9 Å². The second-order valence-corrected chi connectivity index (χ2v) is 9.95. The third kappa shape index (κ3) is 5.91. The third-order valence-electron chi connectivity index (χ3n) is 6.73. The number of phenols is 1. The van der Waals surface area contributed by atoms with Crippen LogP contribution in [0.25, 0.3) is 11.1 Å². The lowest BCUT2D eigenvalue weighted by Gasteiger charge is -2.32. The van der Waals surface area contributed by atoms with Crippen LogP contribution in [0.3, 0.4) is 0 Å². The summed E-state index contributed by atoms with van der Waals surface area (Å²) in [5.74, 6) is -2.99. The summed E-state index contributed by atoms with van der Waals surface area (Å²) in [7, 11) is 0. The van der Waals surface area contributed by atoms with E-state index in [1.807, 2.05) is 44.2 Å². The maximum Gasteiger partial charge on any atom is 0.420 e. The van der Waals surface area contributed by atoms with E-state index in [-0.39, 0.29) is 24.5 Å². The molecule has 5 nitrogen and oxygen atoms in total. The zero-order valence-corrected chi connectivity index (χ0v) is 21.2. The molecule has 3 atom stereocenters. The highest BCUT2D eigenvalue weighted by molar-refractivity contribution is 5.88. The van der Waals surface area contributed by atoms with Gasteiger partial charge in [-0.05, 0) is 53.1 Å². The lowest BCUT2D eigenvalue weighted by atomic mass is 9.83. The number of carbonyl (C=O) groups excluding carboxylic acids is 2. The molecule has 200 valence electrons. The van der Waals surface area contributed by atoms with Crippen LogP contribution in [0.4, 0.5) is 13.2 Å². The van der Waals surface area contributed by atoms with Gasteiger partial charge in [0.05, 0.1) is 18.6 Å². The summed E-state index contributed by atoms with van der Waals surface area (Å²) in [5, 5.41) is 10.6. The number of carbonyl (C=O) groups is 2. The van der Waals surface area contributed by atoms with Gasteiger partial charge in [-0.3, -0.25) is 9.59 Å². The van der Waals surface area contributed by atoms with Gasteiger partial charge in [-0.15, -0.1) is 0 Å². The van der Waals surface area contributed by atoms with Crippen molar-refractivity contribution >= 4 is 12.2 Å². The standard InChI is InChI=1S/C30H30F3NO4/c1-19(2)13-25(29(37)34-23(18-38-27(34)17-35)14-20-9-5-3-6-10-20)24-15-22(21-11-7-4-8-12-21)16-26(36)28(24)30(31,32)33/h3-12,15-17,19,23,25,27,36H,13-14,18H2,1-2H3. The van der Waals surface area contributed by atoms with Crippen LogP contribution in [-0.4, -0.2) is 41.1 Å². The molecule has 1 fully saturated rings. The summed E-state index contributed by atoms with van der Waals surface area (Å²) in [4.78, 5) is 27.3. The molecule has 0 aromatic heterocycles. The molecule has 8 heteroatoms. The lowest BCUT2D eigenvalue weighted by molar-refractivity contribution is -0.145. The van der Waals surface area contributed by atoms with Gasteiger partial charge < -0.3 is 14.7 Å². The average molecular weight is 526 g/mol. The molecule has 1 N–H and O–H groups in total. The van der Waals surface area contributed by atoms with Crippen LogP contribution in [0.2, 0.25) is 0 Å². The van der Waals surface area contributed by atoms with Crippen molar-refractivity contribution in [3.63, 3.8) is 0 Å². The number of nitrogens with zero attached hydrogens (tertiary/aromatic N) is 1. The number of rotatable bonds is 8. The van der Waals surface area contributed by atoms with E-state index in [0.29, 0.717) is 23.8 Å². The molecule has 4 rings (SSSR count). The maximum absolute atomic E-state index is 14.3. The SMILES string of the molecule is CC(C)CC(C(=O)N1C(Cc2ccccc2)COC1C=O)c1cc(-c2ccccc2)cc(O)c1C(F)(F)F. The van der Waals surface area contributed by atoms with E-state index in [2.05, 4.69) is 0 Å². The van der Waals surface area contributed by atoms with Crippen molar-refractivity contribution in [1.29, 1.82) is 0 Å². The van der Waals surface area contributed by atoms with E-state index in [1.54, 1.807) is 30.3 Å². The predicted molar refractivity (Wildman–Crippen MR) is 137 cm³/mol. The molecule has 3 aromatic rings. The van der Waals surface area contributed by atoms with Crippen LogP contribution in [-0.2, 0) is 26.9 Å². The summed E-state index contributed by atoms with van der Waals surface area (Å²) in [5.41, 5.74) is 0.318. The van der Waals surface area contributed by atoms with Crippen LogP contribution >= 0.6 is 0 Å². The quantitative estimate of drug-likeness (QED) is 0.356. The van der Waals surface area contributed by atoms with Gasteiger partial charge in [-0.1, -0.05) is 74.5 Å². The number of ether oxygens (including phenoxy) is 1. The van der Waals surface area contributed by atoms with Crippen LogP contribution in [0, 0.1) is 5.92 Å². The Balaban J connectivity index is 1.83. The maximum atomic E-state index is 14.3. The molecular weight excluding hydrogens is 495 g/mol. The Morgan fingerprint density at radius 3 is 2.26 bits per heavy atom. The Morgan fingerprint density at radius 2 is 1.68 bits per heavy atom. The fourth-order valence-electron chi connectivity index (χ4n) is 5.07. The summed E-state index contributed by atoms with van der Waals surface area (Å²) >= 11 is 0. The molecule has 0 spiro atoms. The van der Waals surface area contributed by atoms with Crippen molar-refractivity contribution in [2.45, 2.75) is 51.1 Å². The van der Waals surface area contributed by atoms with Crippen LogP contribution in [0.1, 0.15) is 42.9 Å². The number of halogens is 3. The minimum Gasteiger partial charge on any atom is -0.507 e. The monoisotopic (exact) mass is 525 g/mol. The summed E-state index contributed by atoms with van der Waals surface area (Å²) in [6.45, 7) is 3.71. The van der Waals surface area contributed by atoms with Gasteiger partial charge in [-0.2, -0.15) is 13.2 Å². The largest absolute Gasteiger partial charge is 0.507 e. The third-order valence-corrected chi connectivity index (χ3v) is 6.73. The molecule has 1 aliphatic heterocycles. The number of benzene rings is 3. The molecule has 1 heterocycles. The Labute approximate surface area is 219 Å². The minimum atomic E-state index is -4.90. The molecule has 38 heavy (non-hydrogen) atoms. The number of amides is 1. The highest BCUT2D eigenvalue weighted by Crippen LogP contribution is 2.45. The van der Waals surface area contributed by atoms with Gasteiger partial charge in [0, 0.05) is 0 Å². The summed E-state index contributed by atoms with van der Waals surface area (Å²) in [6, 6.07) is 19.9. The lowest BCUT2D eigenvalue weighted by Crippen LogP contribution is -2.46. The smallest absolute Gasteiger partial charge is 0.420 e. The molecule has 0 aliphatic carbocycles. The van der Waals surface area contributed by atoms with Crippen molar-refractivity contribution < 1.29 is 32.6 Å². The van der Waals surface area contributed by atoms with Crippen LogP contribution in [0.15, 0.2) is 72.8 Å². The van der Waals surface area contributed by atoms with Crippen LogP contribution in [0.5, 0.6) is 5.75 Å². The van der Waals surface area contributed by atoms with E-state index < -0.39 is 41.6 Å². The fourth-order valence-corrected chi connectivity index (χ4v) is 5.07. The van der Waals surface area contributed by atoms with E-state index >= 15 is 0 Å². The first-order chi connectivity index (χ1) is 18.1. The molecule has 1 amide bonds. The minimum absolute atomic E-state index is 0.0831. The van der Waals surface area contributed by atoms with E-state index in [4.69, 9.17) is 4.74 Å². The van der Waals surface area contributed by atoms with Gasteiger partial charge >= 0.3 is 6.18 Å². The number of hydrogen-bond acceptors (Lipinski definition) is 4. The van der Waals surface area contributed by atoms with Gasteiger partial charge in [0.1, 0.15) is 11.3 Å². The Kier molecular flexibility index (Phi) is 8.21. The Bertz CT molecular complexity index is 1260. The highest BCUT2D eigenvalue weighted by Gasteiger charge is 2.45. The Morgan fingerprint density at radius 1 is 1.05 bits per heavy atom. The number of aromatic hydroxyl groups is 1. The first-order valence-electron chi connectivity index (χ1n) is 12.5. The molecule has 0 bridgehead atoms. The van der Waals surface area contributed by atoms with Crippen molar-refractivity contribution in [3.05, 3.63) is 89.5 Å². The highest BCUT2D eigenvalue weighted by atomic mass is 19.4. The van der Waals surface area contributed by atoms with Crippen LogP contribution < -0.4 is 0 Å². The van der Waals surface area contributed by atoms with Crippen molar-refractivity contribution in [3.8, 4) is 16.9 Å². The second kappa shape index (κ2) is 11.4. The number of alkyl halides is 3. The zero-order valence-electron chi connectivity index (χ0n) is 21.2. The normalized spacial score (nSPS) is 18.5. The van der Waals surface area contributed by atoms with Gasteiger partial charge in [0.15, 0.2) is 12.5 Å². The van der Waals surface area contributed by atoms with Gasteiger partial charge in [0.25, 0.3) is 0 Å². The molecule has 1 aliphatic rings. The topological polar surface area (TPSA) is 66.8 Å². The first-order valence-corrected chi connectivity index (χ1v) is 12.5. The molecule has 1 saturated heterocycles. The average Bonchev–Trinajstić information content (AvgIpc) is 3.29. The second-order valence-electron chi connectivity index (χ2n) is 9.95. The van der Waals surface area contributed by atoms with E-state index in [1.165, 1.54) is 11.0 Å². The molecule has 0 radical (unpaired) electrons. The number of phenolic OH excluding ortho intramolecular Hbond substituents is 1. The van der Waals surface area contributed by atoms with Crippen molar-refractivity contribution in [2.24, 2.45) is 5.92 Å². The zero-order chi connectivity index (χ0) is 27.4. The summed E-state index contributed by atoms with van der Waals surface area (Å²) < 4.78 is 48.6.